The molecule has 0 amide bonds. The van der Waals surface area contributed by atoms with Crippen LogP contribution in [0, 0.1) is 0 Å². The minimum atomic E-state index is -0.0672. The minimum Gasteiger partial charge on any atom is -0.408 e. The molecule has 1 aromatic rings. The van der Waals surface area contributed by atoms with E-state index in [1.165, 1.54) is 5.01 Å². The monoisotopic (exact) mass is 202 g/mol. The molecule has 5 heteroatoms. The van der Waals surface area contributed by atoms with Crippen LogP contribution in [0.4, 0.5) is 5.69 Å². The van der Waals surface area contributed by atoms with Crippen LogP contribution in [0.1, 0.15) is 5.56 Å². The largest absolute Gasteiger partial charge is 0.408 e. The zero-order chi connectivity index (χ0) is 10.7. The van der Waals surface area contributed by atoms with Crippen molar-refractivity contribution in [2.75, 3.05) is 5.01 Å². The Labute approximate surface area is 86.8 Å². The number of para-hydroxylation sites is 1. The van der Waals surface area contributed by atoms with Gasteiger partial charge in [0.15, 0.2) is 0 Å². The van der Waals surface area contributed by atoms with Crippen molar-refractivity contribution in [3.8, 4) is 0 Å². The lowest BCUT2D eigenvalue weighted by atomic mass is 10.1. The number of oxime groups is 1. The van der Waals surface area contributed by atoms with Crippen molar-refractivity contribution in [1.82, 2.24) is 0 Å². The molecular formula is C10H10N4O. The highest BCUT2D eigenvalue weighted by atomic mass is 16.4. The molecule has 15 heavy (non-hydrogen) atoms. The maximum Gasteiger partial charge on any atom is 0.258 e. The molecule has 2 rings (SSSR count). The van der Waals surface area contributed by atoms with Crippen LogP contribution in [0.2, 0.25) is 0 Å². The van der Waals surface area contributed by atoms with Crippen LogP contribution in [-0.2, 0) is 0 Å². The minimum absolute atomic E-state index is 0.0672. The zero-order valence-electron chi connectivity index (χ0n) is 7.91. The van der Waals surface area contributed by atoms with Gasteiger partial charge in [-0.25, -0.2) is 0 Å². The number of nitrogens with zero attached hydrogens (tertiary/aromatic N) is 3. The smallest absolute Gasteiger partial charge is 0.258 e. The standard InChI is InChI=1S/C10H10N4O/c11-10(13-15)14-9-6-2-1-4-8(9)5-3-7-12-14/h1-7,15H,(H2,11,13). The topological polar surface area (TPSA) is 74.2 Å². The predicted molar refractivity (Wildman–Crippen MR) is 59.9 cm³/mol. The van der Waals surface area contributed by atoms with Gasteiger partial charge in [0, 0.05) is 11.8 Å². The van der Waals surface area contributed by atoms with Crippen molar-refractivity contribution < 1.29 is 5.21 Å². The summed E-state index contributed by atoms with van der Waals surface area (Å²) in [6, 6.07) is 7.56. The predicted octanol–water partition coefficient (Wildman–Crippen LogP) is 1.21. The Morgan fingerprint density at radius 1 is 1.40 bits per heavy atom. The van der Waals surface area contributed by atoms with E-state index in [9.17, 15) is 0 Å². The Morgan fingerprint density at radius 2 is 2.20 bits per heavy atom. The molecule has 0 fully saturated rings. The van der Waals surface area contributed by atoms with Crippen molar-refractivity contribution >= 4 is 23.9 Å². The van der Waals surface area contributed by atoms with E-state index >= 15 is 0 Å². The van der Waals surface area contributed by atoms with E-state index in [4.69, 9.17) is 10.9 Å². The molecule has 0 saturated carbocycles. The van der Waals surface area contributed by atoms with E-state index in [-0.39, 0.29) is 5.96 Å². The molecule has 0 atom stereocenters. The number of anilines is 1. The lowest BCUT2D eigenvalue weighted by molar-refractivity contribution is 0.317. The number of hydrogen-bond acceptors (Lipinski definition) is 3. The van der Waals surface area contributed by atoms with Crippen molar-refractivity contribution in [1.29, 1.82) is 0 Å². The molecule has 1 aliphatic heterocycles. The fourth-order valence-corrected chi connectivity index (χ4v) is 1.36. The zero-order valence-corrected chi connectivity index (χ0v) is 7.91. The fourth-order valence-electron chi connectivity index (χ4n) is 1.36. The average Bonchev–Trinajstić information content (AvgIpc) is 2.50. The van der Waals surface area contributed by atoms with E-state index in [1.54, 1.807) is 12.3 Å². The highest BCUT2D eigenvalue weighted by Crippen LogP contribution is 2.23. The first kappa shape index (κ1) is 9.26. The molecule has 3 N–H and O–H groups in total. The first-order chi connectivity index (χ1) is 7.33. The van der Waals surface area contributed by atoms with Crippen LogP contribution in [-0.4, -0.2) is 17.4 Å². The maximum atomic E-state index is 8.63. The maximum absolute atomic E-state index is 8.63. The van der Waals surface area contributed by atoms with Gasteiger partial charge in [-0.3, -0.25) is 0 Å². The molecule has 0 aliphatic carbocycles. The highest BCUT2D eigenvalue weighted by molar-refractivity contribution is 5.99. The van der Waals surface area contributed by atoms with Crippen LogP contribution in [0.25, 0.3) is 6.08 Å². The van der Waals surface area contributed by atoms with Gasteiger partial charge >= 0.3 is 0 Å². The van der Waals surface area contributed by atoms with E-state index in [1.807, 2.05) is 30.3 Å². The first-order valence-electron chi connectivity index (χ1n) is 4.40. The van der Waals surface area contributed by atoms with Crippen molar-refractivity contribution in [3.05, 3.63) is 35.9 Å². The van der Waals surface area contributed by atoms with Crippen LogP contribution in [0.3, 0.4) is 0 Å². The molecule has 0 saturated heterocycles. The van der Waals surface area contributed by atoms with E-state index in [0.29, 0.717) is 0 Å². The van der Waals surface area contributed by atoms with Crippen LogP contribution >= 0.6 is 0 Å². The third-order valence-corrected chi connectivity index (χ3v) is 2.03. The second kappa shape index (κ2) is 3.83. The fraction of sp³-hybridized carbons (Fsp3) is 0. The highest BCUT2D eigenvalue weighted by Gasteiger charge is 2.13. The van der Waals surface area contributed by atoms with E-state index < -0.39 is 0 Å². The summed E-state index contributed by atoms with van der Waals surface area (Å²) in [4.78, 5) is 0. The normalized spacial score (nSPS) is 14.9. The van der Waals surface area contributed by atoms with Gasteiger partial charge in [-0.05, 0) is 17.3 Å². The van der Waals surface area contributed by atoms with Gasteiger partial charge in [-0.15, -0.1) is 0 Å². The number of hydrazone groups is 1. The first-order valence-corrected chi connectivity index (χ1v) is 4.40. The molecule has 0 unspecified atom stereocenters. The van der Waals surface area contributed by atoms with Crippen molar-refractivity contribution in [3.63, 3.8) is 0 Å². The third-order valence-electron chi connectivity index (χ3n) is 2.03. The Morgan fingerprint density at radius 3 is 3.00 bits per heavy atom. The van der Waals surface area contributed by atoms with E-state index in [0.717, 1.165) is 11.3 Å². The molecule has 5 nitrogen and oxygen atoms in total. The summed E-state index contributed by atoms with van der Waals surface area (Å²) in [7, 11) is 0. The Balaban J connectivity index is 2.53. The van der Waals surface area contributed by atoms with Gasteiger partial charge in [-0.1, -0.05) is 24.3 Å². The molecule has 1 aliphatic rings. The molecular weight excluding hydrogens is 192 g/mol. The molecule has 0 radical (unpaired) electrons. The molecule has 0 bridgehead atoms. The van der Waals surface area contributed by atoms with Gasteiger partial charge in [0.2, 0.25) is 0 Å². The quantitative estimate of drug-likeness (QED) is 0.287. The van der Waals surface area contributed by atoms with Gasteiger partial charge in [0.1, 0.15) is 0 Å². The molecule has 0 spiro atoms. The summed E-state index contributed by atoms with van der Waals surface area (Å²) in [6.45, 7) is 0. The molecule has 0 aromatic heterocycles. The number of allylic oxidation sites excluding steroid dienone is 1. The summed E-state index contributed by atoms with van der Waals surface area (Å²) in [5.74, 6) is -0.0672. The van der Waals surface area contributed by atoms with Gasteiger partial charge < -0.3 is 10.9 Å². The lowest BCUT2D eigenvalue weighted by Gasteiger charge is -2.17. The summed E-state index contributed by atoms with van der Waals surface area (Å²) in [5.41, 5.74) is 7.25. The molecule has 1 aromatic carbocycles. The second-order valence-corrected chi connectivity index (χ2v) is 2.95. The summed E-state index contributed by atoms with van der Waals surface area (Å²) >= 11 is 0. The summed E-state index contributed by atoms with van der Waals surface area (Å²) in [5, 5.41) is 17.0. The average molecular weight is 202 g/mol. The van der Waals surface area contributed by atoms with Gasteiger partial charge in [0.05, 0.1) is 5.69 Å². The Bertz CT molecular complexity index is 450. The molecule has 76 valence electrons. The number of nitrogens with two attached hydrogens (primary N) is 1. The van der Waals surface area contributed by atoms with E-state index in [2.05, 4.69) is 10.3 Å². The number of rotatable bonds is 0. The SMILES string of the molecule is NC(=NO)N1N=CC=Cc2ccccc21. The lowest BCUT2D eigenvalue weighted by Crippen LogP contribution is -2.33. The van der Waals surface area contributed by atoms with Crippen LogP contribution in [0.5, 0.6) is 0 Å². The van der Waals surface area contributed by atoms with Crippen molar-refractivity contribution in [2.24, 2.45) is 16.0 Å². The van der Waals surface area contributed by atoms with Gasteiger partial charge in [0.25, 0.3) is 5.96 Å². The number of benzene rings is 1. The number of fused-ring (bicyclic) bond motifs is 1. The summed E-state index contributed by atoms with van der Waals surface area (Å²) < 4.78 is 0. The van der Waals surface area contributed by atoms with Gasteiger partial charge in [-0.2, -0.15) is 10.1 Å². The second-order valence-electron chi connectivity index (χ2n) is 2.95. The van der Waals surface area contributed by atoms with Crippen LogP contribution < -0.4 is 10.7 Å². The Hall–Kier alpha value is -2.30. The number of guanidine groups is 1. The summed E-state index contributed by atoms with van der Waals surface area (Å²) in [6.07, 6.45) is 5.28. The van der Waals surface area contributed by atoms with Crippen molar-refractivity contribution in [2.45, 2.75) is 0 Å². The Kier molecular flexibility index (Phi) is 2.37. The number of hydrogen-bond donors (Lipinski definition) is 2. The van der Waals surface area contributed by atoms with Crippen LogP contribution in [0.15, 0.2) is 40.6 Å². The molecule has 1 heterocycles. The third kappa shape index (κ3) is 1.67.